The van der Waals surface area contributed by atoms with Gasteiger partial charge < -0.3 is 15.8 Å². The van der Waals surface area contributed by atoms with Crippen LogP contribution in [-0.4, -0.2) is 30.6 Å². The van der Waals surface area contributed by atoms with Crippen molar-refractivity contribution in [2.45, 2.75) is 6.92 Å². The number of amides is 1. The number of carbonyl (C=O) groups excluding carboxylic acids is 1. The number of hydrogen-bond donors (Lipinski definition) is 2. The summed E-state index contributed by atoms with van der Waals surface area (Å²) in [7, 11) is 0. The standard InChI is InChI=1S/C11H15N3O4/c1-2-18-6-5-13-9-4-3-8(11(12)15)7-10(9)14(16)17/h3-4,7,13H,2,5-6H2,1H3,(H2,12,15). The van der Waals surface area contributed by atoms with Gasteiger partial charge in [-0.3, -0.25) is 14.9 Å². The number of nitro benzene ring substituents is 1. The minimum atomic E-state index is -0.695. The molecule has 18 heavy (non-hydrogen) atoms. The van der Waals surface area contributed by atoms with Crippen molar-refractivity contribution in [1.82, 2.24) is 0 Å². The lowest BCUT2D eigenvalue weighted by Gasteiger charge is -2.07. The van der Waals surface area contributed by atoms with Crippen LogP contribution in [-0.2, 0) is 4.74 Å². The smallest absolute Gasteiger partial charge is 0.293 e. The molecule has 0 aliphatic heterocycles. The lowest BCUT2D eigenvalue weighted by Crippen LogP contribution is -2.13. The third-order valence-electron chi connectivity index (χ3n) is 2.24. The fraction of sp³-hybridized carbons (Fsp3) is 0.364. The van der Waals surface area contributed by atoms with Gasteiger partial charge in [0.05, 0.1) is 11.5 Å². The van der Waals surface area contributed by atoms with E-state index in [1.807, 2.05) is 6.92 Å². The van der Waals surface area contributed by atoms with Gasteiger partial charge in [0.25, 0.3) is 5.69 Å². The Bertz CT molecular complexity index is 448. The molecule has 7 heteroatoms. The zero-order chi connectivity index (χ0) is 13.5. The Morgan fingerprint density at radius 3 is 2.83 bits per heavy atom. The number of nitrogens with zero attached hydrogens (tertiary/aromatic N) is 1. The Hall–Kier alpha value is -2.15. The molecule has 0 aliphatic carbocycles. The molecule has 0 spiro atoms. The van der Waals surface area contributed by atoms with Gasteiger partial charge in [0.2, 0.25) is 5.91 Å². The molecule has 1 aromatic carbocycles. The van der Waals surface area contributed by atoms with Crippen LogP contribution in [0.3, 0.4) is 0 Å². The van der Waals surface area contributed by atoms with Crippen LogP contribution < -0.4 is 11.1 Å². The topological polar surface area (TPSA) is 107 Å². The average Bonchev–Trinajstić information content (AvgIpc) is 2.34. The second kappa shape index (κ2) is 6.55. The summed E-state index contributed by atoms with van der Waals surface area (Å²) < 4.78 is 5.11. The summed E-state index contributed by atoms with van der Waals surface area (Å²) in [6.45, 7) is 3.35. The lowest BCUT2D eigenvalue weighted by atomic mass is 10.1. The highest BCUT2D eigenvalue weighted by molar-refractivity contribution is 5.94. The molecule has 0 fully saturated rings. The molecule has 0 heterocycles. The number of nitrogens with one attached hydrogen (secondary N) is 1. The van der Waals surface area contributed by atoms with E-state index in [-0.39, 0.29) is 11.3 Å². The Kier molecular flexibility index (Phi) is 5.06. The molecule has 1 aromatic rings. The van der Waals surface area contributed by atoms with Gasteiger partial charge in [0.15, 0.2) is 0 Å². The third-order valence-corrected chi connectivity index (χ3v) is 2.24. The van der Waals surface area contributed by atoms with Gasteiger partial charge in [0, 0.05) is 24.8 Å². The molecule has 0 aliphatic rings. The first-order valence-electron chi connectivity index (χ1n) is 5.46. The monoisotopic (exact) mass is 253 g/mol. The number of nitrogens with two attached hydrogens (primary N) is 1. The van der Waals surface area contributed by atoms with Crippen molar-refractivity contribution >= 4 is 17.3 Å². The van der Waals surface area contributed by atoms with Gasteiger partial charge in [-0.2, -0.15) is 0 Å². The number of anilines is 1. The molecule has 0 aromatic heterocycles. The van der Waals surface area contributed by atoms with Crippen LogP contribution in [0.15, 0.2) is 18.2 Å². The van der Waals surface area contributed by atoms with Crippen molar-refractivity contribution in [2.24, 2.45) is 5.73 Å². The number of benzene rings is 1. The quantitative estimate of drug-likeness (QED) is 0.430. The van der Waals surface area contributed by atoms with E-state index < -0.39 is 10.8 Å². The summed E-state index contributed by atoms with van der Waals surface area (Å²) in [6.07, 6.45) is 0. The summed E-state index contributed by atoms with van der Waals surface area (Å²) in [5, 5.41) is 13.7. The van der Waals surface area contributed by atoms with Crippen molar-refractivity contribution in [2.75, 3.05) is 25.1 Å². The molecule has 0 bridgehead atoms. The highest BCUT2D eigenvalue weighted by Crippen LogP contribution is 2.25. The predicted molar refractivity (Wildman–Crippen MR) is 66.6 cm³/mol. The van der Waals surface area contributed by atoms with Crippen LogP contribution in [0.4, 0.5) is 11.4 Å². The van der Waals surface area contributed by atoms with Gasteiger partial charge in [-0.1, -0.05) is 0 Å². The largest absolute Gasteiger partial charge is 0.380 e. The molecular weight excluding hydrogens is 238 g/mol. The van der Waals surface area contributed by atoms with Gasteiger partial charge >= 0.3 is 0 Å². The lowest BCUT2D eigenvalue weighted by molar-refractivity contribution is -0.384. The minimum Gasteiger partial charge on any atom is -0.380 e. The van der Waals surface area contributed by atoms with Crippen LogP contribution in [0.25, 0.3) is 0 Å². The van der Waals surface area contributed by atoms with E-state index >= 15 is 0 Å². The van der Waals surface area contributed by atoms with E-state index in [4.69, 9.17) is 10.5 Å². The number of nitro groups is 1. The van der Waals surface area contributed by atoms with E-state index in [0.29, 0.717) is 25.4 Å². The zero-order valence-corrected chi connectivity index (χ0v) is 10.0. The SMILES string of the molecule is CCOCCNc1ccc(C(N)=O)cc1[N+](=O)[O-]. The summed E-state index contributed by atoms with van der Waals surface area (Å²) in [5.74, 6) is -0.695. The number of hydrogen-bond acceptors (Lipinski definition) is 5. The van der Waals surface area contributed by atoms with Crippen LogP contribution in [0.5, 0.6) is 0 Å². The molecule has 0 saturated heterocycles. The number of carbonyl (C=O) groups is 1. The van der Waals surface area contributed by atoms with Crippen molar-refractivity contribution in [1.29, 1.82) is 0 Å². The Morgan fingerprint density at radius 2 is 2.28 bits per heavy atom. The molecule has 0 saturated carbocycles. The van der Waals surface area contributed by atoms with E-state index in [1.54, 1.807) is 0 Å². The molecule has 0 unspecified atom stereocenters. The van der Waals surface area contributed by atoms with E-state index in [9.17, 15) is 14.9 Å². The molecule has 1 amide bonds. The van der Waals surface area contributed by atoms with Crippen molar-refractivity contribution in [3.63, 3.8) is 0 Å². The normalized spacial score (nSPS) is 10.1. The number of primary amides is 1. The summed E-state index contributed by atoms with van der Waals surface area (Å²) >= 11 is 0. The molecule has 0 radical (unpaired) electrons. The first-order chi connectivity index (χ1) is 8.56. The molecule has 3 N–H and O–H groups in total. The first-order valence-corrected chi connectivity index (χ1v) is 5.46. The molecule has 7 nitrogen and oxygen atoms in total. The maximum atomic E-state index is 10.9. The first kappa shape index (κ1) is 13.9. The van der Waals surface area contributed by atoms with Crippen LogP contribution >= 0.6 is 0 Å². The Morgan fingerprint density at radius 1 is 1.56 bits per heavy atom. The maximum Gasteiger partial charge on any atom is 0.293 e. The van der Waals surface area contributed by atoms with Crippen molar-refractivity contribution < 1.29 is 14.5 Å². The van der Waals surface area contributed by atoms with Gasteiger partial charge in [0.1, 0.15) is 5.69 Å². The predicted octanol–water partition coefficient (Wildman–Crippen LogP) is 1.14. The fourth-order valence-corrected chi connectivity index (χ4v) is 1.39. The molecule has 0 atom stereocenters. The zero-order valence-electron chi connectivity index (χ0n) is 10.0. The van der Waals surface area contributed by atoms with Crippen LogP contribution in [0, 0.1) is 10.1 Å². The number of ether oxygens (including phenoxy) is 1. The van der Waals surface area contributed by atoms with Gasteiger partial charge in [-0.25, -0.2) is 0 Å². The number of rotatable bonds is 7. The van der Waals surface area contributed by atoms with Crippen molar-refractivity contribution in [3.05, 3.63) is 33.9 Å². The van der Waals surface area contributed by atoms with Crippen molar-refractivity contribution in [3.8, 4) is 0 Å². The maximum absolute atomic E-state index is 10.9. The average molecular weight is 253 g/mol. The van der Waals surface area contributed by atoms with Gasteiger partial charge in [-0.15, -0.1) is 0 Å². The van der Waals surface area contributed by atoms with Crippen LogP contribution in [0.1, 0.15) is 17.3 Å². The second-order valence-corrected chi connectivity index (χ2v) is 3.48. The molecule has 98 valence electrons. The second-order valence-electron chi connectivity index (χ2n) is 3.48. The third kappa shape index (κ3) is 3.70. The Balaban J connectivity index is 2.83. The summed E-state index contributed by atoms with van der Waals surface area (Å²) in [6, 6.07) is 4.06. The van der Waals surface area contributed by atoms with Crippen LogP contribution in [0.2, 0.25) is 0 Å². The van der Waals surface area contributed by atoms with E-state index in [1.165, 1.54) is 12.1 Å². The highest BCUT2D eigenvalue weighted by atomic mass is 16.6. The summed E-state index contributed by atoms with van der Waals surface area (Å²) in [5.41, 5.74) is 5.34. The Labute approximate surface area is 104 Å². The fourth-order valence-electron chi connectivity index (χ4n) is 1.39. The minimum absolute atomic E-state index is 0.108. The summed E-state index contributed by atoms with van der Waals surface area (Å²) in [4.78, 5) is 21.3. The highest BCUT2D eigenvalue weighted by Gasteiger charge is 2.15. The van der Waals surface area contributed by atoms with Gasteiger partial charge in [-0.05, 0) is 19.1 Å². The van der Waals surface area contributed by atoms with E-state index in [0.717, 1.165) is 6.07 Å². The molecule has 1 rings (SSSR count). The molecular formula is C11H15N3O4. The van der Waals surface area contributed by atoms with E-state index in [2.05, 4.69) is 5.32 Å².